The van der Waals surface area contributed by atoms with Crippen molar-refractivity contribution in [2.75, 3.05) is 19.6 Å². The van der Waals surface area contributed by atoms with Crippen LogP contribution in [0.3, 0.4) is 0 Å². The zero-order chi connectivity index (χ0) is 13.7. The van der Waals surface area contributed by atoms with Crippen LogP contribution >= 0.6 is 0 Å². The molecule has 1 aliphatic heterocycles. The Morgan fingerprint density at radius 3 is 2.68 bits per heavy atom. The van der Waals surface area contributed by atoms with E-state index in [1.165, 1.54) is 0 Å². The molecule has 1 atom stereocenters. The summed E-state index contributed by atoms with van der Waals surface area (Å²) in [6, 6.07) is 0. The zero-order valence-corrected chi connectivity index (χ0v) is 12.1. The molecule has 0 aromatic heterocycles. The number of hydrogen-bond donors (Lipinski definition) is 3. The Labute approximate surface area is 116 Å². The topological polar surface area (TPSA) is 61.4 Å². The predicted molar refractivity (Wildman–Crippen MR) is 75.8 cm³/mol. The highest BCUT2D eigenvalue weighted by Crippen LogP contribution is 2.30. The van der Waals surface area contributed by atoms with Gasteiger partial charge in [-0.1, -0.05) is 6.92 Å². The number of piperidine rings is 1. The van der Waals surface area contributed by atoms with E-state index in [0.717, 1.165) is 64.6 Å². The second-order valence-corrected chi connectivity index (χ2v) is 6.30. The summed E-state index contributed by atoms with van der Waals surface area (Å²) in [6.07, 6.45) is 6.76. The summed E-state index contributed by atoms with van der Waals surface area (Å²) in [6.45, 7) is 4.76. The first-order valence-corrected chi connectivity index (χ1v) is 7.83. The van der Waals surface area contributed by atoms with Crippen molar-refractivity contribution in [3.05, 3.63) is 0 Å². The minimum absolute atomic E-state index is 0.114. The molecule has 1 heterocycles. The van der Waals surface area contributed by atoms with E-state index in [0.29, 0.717) is 5.92 Å². The molecule has 110 valence electrons. The van der Waals surface area contributed by atoms with Crippen LogP contribution in [0, 0.1) is 11.3 Å². The van der Waals surface area contributed by atoms with Crippen LogP contribution in [0.4, 0.5) is 0 Å². The monoisotopic (exact) mass is 268 g/mol. The average molecular weight is 268 g/mol. The number of carbonyl (C=O) groups is 1. The Hall–Kier alpha value is -0.610. The third-order valence-electron chi connectivity index (χ3n) is 5.00. The number of carbonyl (C=O) groups excluding carboxylic acids is 1. The smallest absolute Gasteiger partial charge is 0.227 e. The van der Waals surface area contributed by atoms with E-state index in [4.69, 9.17) is 0 Å². The number of amides is 1. The van der Waals surface area contributed by atoms with Crippen LogP contribution in [-0.2, 0) is 4.79 Å². The summed E-state index contributed by atoms with van der Waals surface area (Å²) in [5, 5.41) is 16.0. The molecule has 4 nitrogen and oxygen atoms in total. The second kappa shape index (κ2) is 6.71. The summed E-state index contributed by atoms with van der Waals surface area (Å²) < 4.78 is 0. The highest BCUT2D eigenvalue weighted by Gasteiger charge is 2.37. The van der Waals surface area contributed by atoms with Crippen molar-refractivity contribution < 1.29 is 9.90 Å². The number of aliphatic hydroxyl groups is 1. The molecule has 19 heavy (non-hydrogen) atoms. The standard InChI is InChI=1S/C15H28N2O2/c1-2-15(8-3-9-16-11-15)14(19)17-10-12-4-6-13(18)7-5-12/h12-13,16,18H,2-11H2,1H3,(H,17,19). The van der Waals surface area contributed by atoms with Crippen LogP contribution in [-0.4, -0.2) is 36.8 Å². The van der Waals surface area contributed by atoms with E-state index < -0.39 is 0 Å². The quantitative estimate of drug-likeness (QED) is 0.723. The largest absolute Gasteiger partial charge is 0.393 e. The van der Waals surface area contributed by atoms with Crippen molar-refractivity contribution in [1.82, 2.24) is 10.6 Å². The molecule has 0 radical (unpaired) electrons. The first kappa shape index (κ1) is 14.8. The molecule has 0 aromatic rings. The molecule has 0 aromatic carbocycles. The zero-order valence-electron chi connectivity index (χ0n) is 12.1. The van der Waals surface area contributed by atoms with Gasteiger partial charge in [-0.3, -0.25) is 4.79 Å². The Kier molecular flexibility index (Phi) is 5.22. The van der Waals surface area contributed by atoms with Crippen molar-refractivity contribution in [2.24, 2.45) is 11.3 Å². The van der Waals surface area contributed by atoms with Crippen molar-refractivity contribution in [1.29, 1.82) is 0 Å². The molecule has 2 aliphatic rings. The molecule has 1 unspecified atom stereocenters. The molecular formula is C15H28N2O2. The van der Waals surface area contributed by atoms with Gasteiger partial charge in [0.1, 0.15) is 0 Å². The lowest BCUT2D eigenvalue weighted by molar-refractivity contribution is -0.132. The lowest BCUT2D eigenvalue weighted by atomic mass is 9.77. The maximum absolute atomic E-state index is 12.5. The van der Waals surface area contributed by atoms with E-state index >= 15 is 0 Å². The normalized spacial score (nSPS) is 35.9. The van der Waals surface area contributed by atoms with Crippen LogP contribution in [0.2, 0.25) is 0 Å². The number of nitrogens with one attached hydrogen (secondary N) is 2. The lowest BCUT2D eigenvalue weighted by Gasteiger charge is -2.36. The molecular weight excluding hydrogens is 240 g/mol. The fraction of sp³-hybridized carbons (Fsp3) is 0.933. The maximum Gasteiger partial charge on any atom is 0.227 e. The summed E-state index contributed by atoms with van der Waals surface area (Å²) in [7, 11) is 0. The van der Waals surface area contributed by atoms with Gasteiger partial charge in [-0.25, -0.2) is 0 Å². The summed E-state index contributed by atoms with van der Waals surface area (Å²) in [4.78, 5) is 12.5. The molecule has 1 saturated heterocycles. The Balaban J connectivity index is 1.79. The van der Waals surface area contributed by atoms with Gasteiger partial charge in [-0.2, -0.15) is 0 Å². The molecule has 3 N–H and O–H groups in total. The molecule has 0 spiro atoms. The second-order valence-electron chi connectivity index (χ2n) is 6.30. The van der Waals surface area contributed by atoms with Crippen molar-refractivity contribution in [3.8, 4) is 0 Å². The minimum Gasteiger partial charge on any atom is -0.393 e. The third kappa shape index (κ3) is 3.69. The SMILES string of the molecule is CCC1(C(=O)NCC2CCC(O)CC2)CCCNC1. The average Bonchev–Trinajstić information content (AvgIpc) is 2.47. The fourth-order valence-electron chi connectivity index (χ4n) is 3.40. The fourth-order valence-corrected chi connectivity index (χ4v) is 3.40. The first-order chi connectivity index (χ1) is 9.16. The van der Waals surface area contributed by atoms with Crippen molar-refractivity contribution in [2.45, 2.75) is 58.0 Å². The van der Waals surface area contributed by atoms with E-state index in [9.17, 15) is 9.90 Å². The van der Waals surface area contributed by atoms with Gasteiger partial charge in [0.2, 0.25) is 5.91 Å². The van der Waals surface area contributed by atoms with Gasteiger partial charge in [0.25, 0.3) is 0 Å². The third-order valence-corrected chi connectivity index (χ3v) is 5.00. The van der Waals surface area contributed by atoms with Crippen LogP contribution in [0.5, 0.6) is 0 Å². The summed E-state index contributed by atoms with van der Waals surface area (Å²) in [5.74, 6) is 0.783. The Bertz CT molecular complexity index is 293. The van der Waals surface area contributed by atoms with E-state index in [1.54, 1.807) is 0 Å². The lowest BCUT2D eigenvalue weighted by Crippen LogP contribution is -2.51. The molecule has 4 heteroatoms. The van der Waals surface area contributed by atoms with Gasteiger partial charge < -0.3 is 15.7 Å². The van der Waals surface area contributed by atoms with Crippen molar-refractivity contribution in [3.63, 3.8) is 0 Å². The number of hydrogen-bond acceptors (Lipinski definition) is 3. The molecule has 1 saturated carbocycles. The molecule has 1 aliphatic carbocycles. The highest BCUT2D eigenvalue weighted by atomic mass is 16.3. The molecule has 1 amide bonds. The minimum atomic E-state index is -0.188. The predicted octanol–water partition coefficient (Wildman–Crippen LogP) is 1.43. The molecule has 2 fully saturated rings. The number of aliphatic hydroxyl groups excluding tert-OH is 1. The first-order valence-electron chi connectivity index (χ1n) is 7.83. The highest BCUT2D eigenvalue weighted by molar-refractivity contribution is 5.83. The van der Waals surface area contributed by atoms with Crippen LogP contribution < -0.4 is 10.6 Å². The molecule has 0 bridgehead atoms. The van der Waals surface area contributed by atoms with Crippen LogP contribution in [0.25, 0.3) is 0 Å². The van der Waals surface area contributed by atoms with Crippen molar-refractivity contribution >= 4 is 5.91 Å². The Morgan fingerprint density at radius 2 is 2.11 bits per heavy atom. The summed E-state index contributed by atoms with van der Waals surface area (Å²) in [5.41, 5.74) is -0.188. The molecule has 2 rings (SSSR count). The van der Waals surface area contributed by atoms with E-state index in [2.05, 4.69) is 17.6 Å². The van der Waals surface area contributed by atoms with E-state index in [1.807, 2.05) is 0 Å². The van der Waals surface area contributed by atoms with Gasteiger partial charge in [0.05, 0.1) is 11.5 Å². The summed E-state index contributed by atoms with van der Waals surface area (Å²) >= 11 is 0. The van der Waals surface area contributed by atoms with Gasteiger partial charge >= 0.3 is 0 Å². The number of rotatable bonds is 4. The van der Waals surface area contributed by atoms with Crippen LogP contribution in [0.1, 0.15) is 51.9 Å². The van der Waals surface area contributed by atoms with Gasteiger partial charge in [-0.15, -0.1) is 0 Å². The maximum atomic E-state index is 12.5. The van der Waals surface area contributed by atoms with Gasteiger partial charge in [-0.05, 0) is 57.4 Å². The van der Waals surface area contributed by atoms with Crippen LogP contribution in [0.15, 0.2) is 0 Å². The van der Waals surface area contributed by atoms with Gasteiger partial charge in [0, 0.05) is 13.1 Å². The van der Waals surface area contributed by atoms with E-state index in [-0.39, 0.29) is 17.4 Å². The van der Waals surface area contributed by atoms with Gasteiger partial charge in [0.15, 0.2) is 0 Å². The Morgan fingerprint density at radius 1 is 1.37 bits per heavy atom.